The molecule has 1 saturated heterocycles. The fourth-order valence-electron chi connectivity index (χ4n) is 3.88. The topological polar surface area (TPSA) is 70.8 Å². The van der Waals surface area contributed by atoms with E-state index in [-0.39, 0.29) is 24.0 Å². The van der Waals surface area contributed by atoms with E-state index in [1.165, 1.54) is 0 Å². The number of nitrogens with zero attached hydrogens (tertiary/aromatic N) is 6. The summed E-state index contributed by atoms with van der Waals surface area (Å²) >= 11 is 0. The minimum absolute atomic E-state index is 0. The number of fused-ring (bicyclic) bond motifs is 1. The summed E-state index contributed by atoms with van der Waals surface area (Å²) in [5.74, 6) is 3.95. The van der Waals surface area contributed by atoms with Gasteiger partial charge >= 0.3 is 0 Å². The number of halogens is 1. The smallest absolute Gasteiger partial charge is 0.194 e. The van der Waals surface area contributed by atoms with Crippen molar-refractivity contribution < 1.29 is 4.74 Å². The number of ether oxygens (including phenoxy) is 1. The third-order valence-electron chi connectivity index (χ3n) is 5.31. The van der Waals surface area contributed by atoms with Crippen molar-refractivity contribution in [2.45, 2.75) is 25.9 Å². The van der Waals surface area contributed by atoms with E-state index in [2.05, 4.69) is 47.0 Å². The molecule has 0 radical (unpaired) electrons. The van der Waals surface area contributed by atoms with Crippen LogP contribution in [0.2, 0.25) is 0 Å². The Hall–Kier alpha value is -2.04. The molecular formula is C19H28IN7O. The fourth-order valence-corrected chi connectivity index (χ4v) is 3.88. The number of anilines is 1. The van der Waals surface area contributed by atoms with Gasteiger partial charge in [-0.05, 0) is 18.6 Å². The van der Waals surface area contributed by atoms with E-state index in [1.807, 2.05) is 19.2 Å². The van der Waals surface area contributed by atoms with Crippen LogP contribution in [0, 0.1) is 0 Å². The Morgan fingerprint density at radius 3 is 2.68 bits per heavy atom. The number of benzene rings is 1. The molecule has 0 spiro atoms. The van der Waals surface area contributed by atoms with Gasteiger partial charge in [-0.3, -0.25) is 4.99 Å². The lowest BCUT2D eigenvalue weighted by Gasteiger charge is -2.38. The highest BCUT2D eigenvalue weighted by Gasteiger charge is 2.22. The number of piperazine rings is 1. The maximum atomic E-state index is 5.50. The highest BCUT2D eigenvalue weighted by molar-refractivity contribution is 14.0. The molecule has 0 amide bonds. The molecule has 0 aliphatic carbocycles. The van der Waals surface area contributed by atoms with Crippen molar-refractivity contribution in [3.8, 4) is 5.75 Å². The van der Waals surface area contributed by atoms with Gasteiger partial charge in [0, 0.05) is 46.2 Å². The lowest BCUT2D eigenvalue weighted by Crippen LogP contribution is -2.52. The fraction of sp³-hybridized carbons (Fsp3) is 0.526. The number of methoxy groups -OCH3 is 1. The number of aromatic nitrogens is 3. The van der Waals surface area contributed by atoms with Crippen LogP contribution >= 0.6 is 24.0 Å². The Morgan fingerprint density at radius 2 is 1.93 bits per heavy atom. The zero-order valence-corrected chi connectivity index (χ0v) is 18.8. The van der Waals surface area contributed by atoms with Crippen molar-refractivity contribution in [1.82, 2.24) is 25.0 Å². The van der Waals surface area contributed by atoms with Crippen LogP contribution in [0.5, 0.6) is 5.75 Å². The van der Waals surface area contributed by atoms with Crippen LogP contribution in [0.3, 0.4) is 0 Å². The van der Waals surface area contributed by atoms with Crippen molar-refractivity contribution in [1.29, 1.82) is 0 Å². The largest absolute Gasteiger partial charge is 0.495 e. The van der Waals surface area contributed by atoms with Crippen molar-refractivity contribution in [3.63, 3.8) is 0 Å². The molecule has 8 nitrogen and oxygen atoms in total. The van der Waals surface area contributed by atoms with Crippen molar-refractivity contribution >= 4 is 35.6 Å². The van der Waals surface area contributed by atoms with Gasteiger partial charge in [-0.25, -0.2) is 0 Å². The monoisotopic (exact) mass is 497 g/mol. The minimum Gasteiger partial charge on any atom is -0.495 e. The van der Waals surface area contributed by atoms with Gasteiger partial charge in [-0.15, -0.1) is 34.2 Å². The third-order valence-corrected chi connectivity index (χ3v) is 5.31. The molecule has 9 heteroatoms. The number of aryl methyl sites for hydroxylation is 1. The lowest BCUT2D eigenvalue weighted by molar-refractivity contribution is 0.366. The quantitative estimate of drug-likeness (QED) is 0.395. The maximum Gasteiger partial charge on any atom is 0.194 e. The molecule has 2 aliphatic heterocycles. The van der Waals surface area contributed by atoms with E-state index < -0.39 is 0 Å². The minimum atomic E-state index is 0. The van der Waals surface area contributed by atoms with E-state index in [1.54, 1.807) is 7.11 Å². The van der Waals surface area contributed by atoms with E-state index >= 15 is 0 Å². The summed E-state index contributed by atoms with van der Waals surface area (Å²) < 4.78 is 7.73. The highest BCUT2D eigenvalue weighted by atomic mass is 127. The predicted molar refractivity (Wildman–Crippen MR) is 121 cm³/mol. The van der Waals surface area contributed by atoms with Gasteiger partial charge < -0.3 is 24.4 Å². The van der Waals surface area contributed by atoms with Crippen LogP contribution < -0.4 is 15.0 Å². The normalized spacial score (nSPS) is 16.6. The molecule has 0 unspecified atom stereocenters. The Labute approximate surface area is 183 Å². The molecule has 4 rings (SSSR count). The second-order valence-corrected chi connectivity index (χ2v) is 6.83. The number of aliphatic imine (C=N–C) groups is 1. The number of hydrogen-bond donors (Lipinski definition) is 1. The first kappa shape index (κ1) is 20.7. The van der Waals surface area contributed by atoms with E-state index in [0.29, 0.717) is 6.54 Å². The summed E-state index contributed by atoms with van der Waals surface area (Å²) in [6.45, 7) is 5.37. The van der Waals surface area contributed by atoms with Gasteiger partial charge in [-0.1, -0.05) is 12.1 Å². The molecule has 0 atom stereocenters. The van der Waals surface area contributed by atoms with Crippen molar-refractivity contribution in [3.05, 3.63) is 35.9 Å². The Morgan fingerprint density at radius 1 is 1.14 bits per heavy atom. The van der Waals surface area contributed by atoms with Crippen LogP contribution in [0.1, 0.15) is 18.1 Å². The van der Waals surface area contributed by atoms with E-state index in [4.69, 9.17) is 4.74 Å². The van der Waals surface area contributed by atoms with Crippen molar-refractivity contribution in [2.24, 2.45) is 4.99 Å². The molecule has 1 aromatic carbocycles. The molecule has 152 valence electrons. The van der Waals surface area contributed by atoms with Gasteiger partial charge in [0.05, 0.1) is 19.3 Å². The highest BCUT2D eigenvalue weighted by Crippen LogP contribution is 2.28. The van der Waals surface area contributed by atoms with Gasteiger partial charge in [0.2, 0.25) is 0 Å². The molecule has 0 saturated carbocycles. The zero-order chi connectivity index (χ0) is 18.6. The number of hydrogen-bond acceptors (Lipinski definition) is 5. The van der Waals surface area contributed by atoms with E-state index in [9.17, 15) is 0 Å². The molecule has 1 N–H and O–H groups in total. The molecule has 3 heterocycles. The Bertz CT molecular complexity index is 814. The SMILES string of the molecule is CN=C(NCc1nnc2n1CCC2)N1CCN(c2ccccc2OC)CC1.I. The van der Waals surface area contributed by atoms with Gasteiger partial charge in [0.25, 0.3) is 0 Å². The first-order valence-corrected chi connectivity index (χ1v) is 9.54. The van der Waals surface area contributed by atoms with Gasteiger partial charge in [0.1, 0.15) is 11.6 Å². The Kier molecular flexibility index (Phi) is 6.97. The summed E-state index contributed by atoms with van der Waals surface area (Å²) in [7, 11) is 3.56. The summed E-state index contributed by atoms with van der Waals surface area (Å²) in [5.41, 5.74) is 1.15. The second-order valence-electron chi connectivity index (χ2n) is 6.83. The Balaban J connectivity index is 0.00000225. The average molecular weight is 497 g/mol. The number of rotatable bonds is 4. The maximum absolute atomic E-state index is 5.50. The molecule has 2 aromatic rings. The molecule has 28 heavy (non-hydrogen) atoms. The number of nitrogens with one attached hydrogen (secondary N) is 1. The van der Waals surface area contributed by atoms with Gasteiger partial charge in [0.15, 0.2) is 11.8 Å². The number of para-hydroxylation sites is 2. The summed E-state index contributed by atoms with van der Waals surface area (Å²) in [6, 6.07) is 8.19. The molecule has 1 fully saturated rings. The van der Waals surface area contributed by atoms with Crippen LogP contribution in [-0.2, 0) is 19.5 Å². The third kappa shape index (κ3) is 4.18. The van der Waals surface area contributed by atoms with E-state index in [0.717, 1.165) is 74.6 Å². The average Bonchev–Trinajstić information content (AvgIpc) is 3.33. The van der Waals surface area contributed by atoms with Crippen molar-refractivity contribution in [2.75, 3.05) is 45.2 Å². The first-order chi connectivity index (χ1) is 13.3. The molecular weight excluding hydrogens is 469 g/mol. The summed E-state index contributed by atoms with van der Waals surface area (Å²) in [6.07, 6.45) is 2.20. The van der Waals surface area contributed by atoms with Gasteiger partial charge in [-0.2, -0.15) is 0 Å². The summed E-state index contributed by atoms with van der Waals surface area (Å²) in [5, 5.41) is 12.0. The zero-order valence-electron chi connectivity index (χ0n) is 16.5. The van der Waals surface area contributed by atoms with Crippen LogP contribution in [0.4, 0.5) is 5.69 Å². The molecule has 1 aromatic heterocycles. The van der Waals surface area contributed by atoms with Crippen LogP contribution in [0.15, 0.2) is 29.3 Å². The number of guanidine groups is 1. The summed E-state index contributed by atoms with van der Waals surface area (Å²) in [4.78, 5) is 9.13. The lowest BCUT2D eigenvalue weighted by atomic mass is 10.2. The van der Waals surface area contributed by atoms with Crippen LogP contribution in [-0.4, -0.2) is 66.0 Å². The standard InChI is InChI=1S/C19H27N7O.HI/c1-20-19(21-14-18-23-22-17-8-5-9-26(17)18)25-12-10-24(11-13-25)15-6-3-4-7-16(15)27-2;/h3-4,6-7H,5,8-14H2,1-2H3,(H,20,21);1H. The van der Waals surface area contributed by atoms with Crippen LogP contribution in [0.25, 0.3) is 0 Å². The second kappa shape index (κ2) is 9.44. The predicted octanol–water partition coefficient (Wildman–Crippen LogP) is 1.75. The molecule has 0 bridgehead atoms. The first-order valence-electron chi connectivity index (χ1n) is 9.54. The molecule has 2 aliphatic rings.